The van der Waals surface area contributed by atoms with Crippen LogP contribution in [0.4, 0.5) is 11.6 Å². The molecule has 3 aromatic rings. The van der Waals surface area contributed by atoms with E-state index in [0.717, 1.165) is 30.0 Å². The van der Waals surface area contributed by atoms with E-state index in [2.05, 4.69) is 25.4 Å². The number of halogens is 1. The second-order valence-corrected chi connectivity index (χ2v) is 7.64. The maximum atomic E-state index is 12.1. The van der Waals surface area contributed by atoms with E-state index in [1.807, 2.05) is 6.07 Å². The number of aromatic amines is 1. The molecule has 1 aromatic carbocycles. The van der Waals surface area contributed by atoms with Crippen LogP contribution in [0.3, 0.4) is 0 Å². The summed E-state index contributed by atoms with van der Waals surface area (Å²) >= 11 is 6.47. The number of anilines is 2. The minimum Gasteiger partial charge on any atom is -0.508 e. The predicted octanol–water partition coefficient (Wildman–Crippen LogP) is 2.30. The summed E-state index contributed by atoms with van der Waals surface area (Å²) in [5.41, 5.74) is 8.26. The molecule has 0 saturated carbocycles. The number of phenols is 1. The van der Waals surface area contributed by atoms with Gasteiger partial charge in [0.25, 0.3) is 5.91 Å². The Kier molecular flexibility index (Phi) is 6.24. The lowest BCUT2D eigenvalue weighted by atomic mass is 10.1. The third kappa shape index (κ3) is 4.89. The summed E-state index contributed by atoms with van der Waals surface area (Å²) in [6.07, 6.45) is 2.12. The number of nitrogens with zero attached hydrogens (tertiary/aromatic N) is 3. The van der Waals surface area contributed by atoms with E-state index < -0.39 is 5.91 Å². The second kappa shape index (κ2) is 9.23. The summed E-state index contributed by atoms with van der Waals surface area (Å²) in [6.45, 7) is 3.21. The molecule has 1 saturated heterocycles. The number of carbonyl (C=O) groups excluding carboxylic acids is 1. The Morgan fingerprint density at radius 3 is 2.68 bits per heavy atom. The Balaban J connectivity index is 1.49. The molecule has 0 bridgehead atoms. The maximum absolute atomic E-state index is 12.1. The van der Waals surface area contributed by atoms with Crippen molar-refractivity contribution < 1.29 is 14.6 Å². The molecule has 0 aliphatic carbocycles. The smallest absolute Gasteiger partial charge is 0.254 e. The normalized spacial score (nSPS) is 13.9. The number of phenolic OH excluding ortho intramolecular Hbond substituents is 1. The van der Waals surface area contributed by atoms with Crippen LogP contribution in [-0.2, 0) is 17.7 Å². The lowest BCUT2D eigenvalue weighted by molar-refractivity contribution is 0.100. The Hall–Kier alpha value is -3.30. The van der Waals surface area contributed by atoms with E-state index >= 15 is 0 Å². The van der Waals surface area contributed by atoms with E-state index in [1.165, 1.54) is 0 Å². The number of H-pyrrole nitrogens is 1. The fourth-order valence-electron chi connectivity index (χ4n) is 3.48. The summed E-state index contributed by atoms with van der Waals surface area (Å²) in [6, 6.07) is 8.60. The molecule has 0 unspecified atom stereocenters. The average molecular weight is 443 g/mol. The van der Waals surface area contributed by atoms with Gasteiger partial charge >= 0.3 is 0 Å². The number of morpholine rings is 1. The molecule has 4 rings (SSSR count). The van der Waals surface area contributed by atoms with E-state index in [4.69, 9.17) is 22.1 Å². The van der Waals surface area contributed by atoms with Crippen molar-refractivity contribution in [3.8, 4) is 5.75 Å². The average Bonchev–Trinajstić information content (AvgIpc) is 3.17. The van der Waals surface area contributed by atoms with Gasteiger partial charge in [0.2, 0.25) is 0 Å². The number of rotatable bonds is 7. The Labute approximate surface area is 184 Å². The zero-order chi connectivity index (χ0) is 21.8. The molecule has 0 radical (unpaired) electrons. The Bertz CT molecular complexity index is 1060. The van der Waals surface area contributed by atoms with Gasteiger partial charge in [-0.1, -0.05) is 23.7 Å². The van der Waals surface area contributed by atoms with Crippen LogP contribution in [0.5, 0.6) is 5.75 Å². The summed E-state index contributed by atoms with van der Waals surface area (Å²) in [4.78, 5) is 18.7. The van der Waals surface area contributed by atoms with Crippen LogP contribution in [0.2, 0.25) is 5.02 Å². The molecule has 1 fully saturated rings. The van der Waals surface area contributed by atoms with Crippen molar-refractivity contribution in [2.24, 2.45) is 5.73 Å². The molecular weight excluding hydrogens is 420 g/mol. The van der Waals surface area contributed by atoms with Gasteiger partial charge in [0.05, 0.1) is 23.9 Å². The maximum Gasteiger partial charge on any atom is 0.254 e. The highest BCUT2D eigenvalue weighted by atomic mass is 35.5. The zero-order valence-corrected chi connectivity index (χ0v) is 17.5. The predicted molar refractivity (Wildman–Crippen MR) is 118 cm³/mol. The highest BCUT2D eigenvalue weighted by Gasteiger charge is 2.20. The molecule has 5 N–H and O–H groups in total. The molecular formula is C21H23ClN6O3. The Morgan fingerprint density at radius 1 is 1.26 bits per heavy atom. The van der Waals surface area contributed by atoms with Crippen LogP contribution in [0.15, 0.2) is 36.5 Å². The minimum absolute atomic E-state index is 0.190. The van der Waals surface area contributed by atoms with Gasteiger partial charge in [-0.05, 0) is 29.3 Å². The standard InChI is InChI=1S/C21H23ClN6O3/c22-16-9-14(12-25-21(16)28-5-7-31-8-6-28)10-17-18(19(23)30)20(27-26-17)24-11-13-1-3-15(29)4-2-13/h1-4,9,12,29H,5-8,10-11H2,(H2,23,30)(H2,24,26,27). The minimum atomic E-state index is -0.582. The van der Waals surface area contributed by atoms with Crippen molar-refractivity contribution >= 4 is 29.1 Å². The van der Waals surface area contributed by atoms with Gasteiger partial charge in [-0.2, -0.15) is 5.10 Å². The first-order valence-electron chi connectivity index (χ1n) is 9.87. The highest BCUT2D eigenvalue weighted by molar-refractivity contribution is 6.33. The second-order valence-electron chi connectivity index (χ2n) is 7.24. The molecule has 31 heavy (non-hydrogen) atoms. The number of aromatic hydroxyl groups is 1. The van der Waals surface area contributed by atoms with Gasteiger partial charge in [-0.15, -0.1) is 0 Å². The van der Waals surface area contributed by atoms with Crippen molar-refractivity contribution in [3.05, 3.63) is 63.9 Å². The third-order valence-electron chi connectivity index (χ3n) is 5.05. The van der Waals surface area contributed by atoms with E-state index in [9.17, 15) is 9.90 Å². The molecule has 9 nitrogen and oxygen atoms in total. The van der Waals surface area contributed by atoms with Crippen molar-refractivity contribution in [1.29, 1.82) is 0 Å². The first kappa shape index (κ1) is 21.0. The van der Waals surface area contributed by atoms with Crippen molar-refractivity contribution in [1.82, 2.24) is 15.2 Å². The van der Waals surface area contributed by atoms with Crippen molar-refractivity contribution in [2.45, 2.75) is 13.0 Å². The van der Waals surface area contributed by atoms with Gasteiger partial charge in [0.15, 0.2) is 5.82 Å². The molecule has 162 valence electrons. The monoisotopic (exact) mass is 442 g/mol. The van der Waals surface area contributed by atoms with Crippen LogP contribution in [0.25, 0.3) is 0 Å². The number of nitrogens with two attached hydrogens (primary N) is 1. The number of hydrogen-bond donors (Lipinski definition) is 4. The van der Waals surface area contributed by atoms with Gasteiger partial charge < -0.3 is 25.8 Å². The number of amides is 1. The van der Waals surface area contributed by atoms with Gasteiger partial charge in [0, 0.05) is 32.3 Å². The number of hydrogen-bond acceptors (Lipinski definition) is 7. The molecule has 10 heteroatoms. The molecule has 2 aromatic heterocycles. The number of pyridine rings is 1. The number of carbonyl (C=O) groups is 1. The summed E-state index contributed by atoms with van der Waals surface area (Å²) in [5.74, 6) is 0.709. The molecule has 1 amide bonds. The molecule has 1 aliphatic heterocycles. The van der Waals surface area contributed by atoms with Crippen LogP contribution in [0, 0.1) is 0 Å². The molecule has 0 spiro atoms. The summed E-state index contributed by atoms with van der Waals surface area (Å²) < 4.78 is 5.37. The Morgan fingerprint density at radius 2 is 2.00 bits per heavy atom. The lowest BCUT2D eigenvalue weighted by Gasteiger charge is -2.28. The van der Waals surface area contributed by atoms with Crippen LogP contribution in [0.1, 0.15) is 27.2 Å². The number of ether oxygens (including phenoxy) is 1. The van der Waals surface area contributed by atoms with Crippen LogP contribution < -0.4 is 16.0 Å². The number of primary amides is 1. The summed E-state index contributed by atoms with van der Waals surface area (Å²) in [5, 5.41) is 20.2. The SMILES string of the molecule is NC(=O)c1c(NCc2ccc(O)cc2)n[nH]c1Cc1cnc(N2CCOCC2)c(Cl)c1. The van der Waals surface area contributed by atoms with Crippen LogP contribution in [-0.4, -0.2) is 52.5 Å². The van der Waals surface area contributed by atoms with Crippen LogP contribution >= 0.6 is 11.6 Å². The van der Waals surface area contributed by atoms with E-state index in [0.29, 0.717) is 48.3 Å². The number of nitrogens with one attached hydrogen (secondary N) is 2. The number of aromatic nitrogens is 3. The lowest BCUT2D eigenvalue weighted by Crippen LogP contribution is -2.36. The quantitative estimate of drug-likeness (QED) is 0.441. The van der Waals surface area contributed by atoms with Crippen molar-refractivity contribution in [2.75, 3.05) is 36.5 Å². The van der Waals surface area contributed by atoms with Crippen molar-refractivity contribution in [3.63, 3.8) is 0 Å². The molecule has 3 heterocycles. The topological polar surface area (TPSA) is 129 Å². The van der Waals surface area contributed by atoms with E-state index in [-0.39, 0.29) is 5.75 Å². The third-order valence-corrected chi connectivity index (χ3v) is 5.33. The fraction of sp³-hybridized carbons (Fsp3) is 0.286. The fourth-order valence-corrected chi connectivity index (χ4v) is 3.79. The number of benzene rings is 1. The first-order chi connectivity index (χ1) is 15.0. The molecule has 1 aliphatic rings. The molecule has 0 atom stereocenters. The van der Waals surface area contributed by atoms with Gasteiger partial charge in [0.1, 0.15) is 17.1 Å². The summed E-state index contributed by atoms with van der Waals surface area (Å²) in [7, 11) is 0. The highest BCUT2D eigenvalue weighted by Crippen LogP contribution is 2.27. The van der Waals surface area contributed by atoms with E-state index in [1.54, 1.807) is 30.5 Å². The van der Waals surface area contributed by atoms with Gasteiger partial charge in [-0.25, -0.2) is 4.98 Å². The zero-order valence-electron chi connectivity index (χ0n) is 16.8. The van der Waals surface area contributed by atoms with Gasteiger partial charge in [-0.3, -0.25) is 9.89 Å². The first-order valence-corrected chi connectivity index (χ1v) is 10.2. The largest absolute Gasteiger partial charge is 0.508 e.